The zero-order valence-electron chi connectivity index (χ0n) is 9.89. The summed E-state index contributed by atoms with van der Waals surface area (Å²) in [6.45, 7) is 1.13. The van der Waals surface area contributed by atoms with Crippen LogP contribution < -0.4 is 5.73 Å². The SMILES string of the molecule is NCC1(CN2C(=O)C3CC=CCC3C2=O)CC1. The third kappa shape index (κ3) is 1.62. The van der Waals surface area contributed by atoms with Crippen LogP contribution in [0.15, 0.2) is 12.2 Å². The highest BCUT2D eigenvalue weighted by atomic mass is 16.2. The summed E-state index contributed by atoms with van der Waals surface area (Å²) in [5, 5.41) is 0. The van der Waals surface area contributed by atoms with Crippen LogP contribution in [0.5, 0.6) is 0 Å². The lowest BCUT2D eigenvalue weighted by Gasteiger charge is -2.21. The summed E-state index contributed by atoms with van der Waals surface area (Å²) < 4.78 is 0. The number of carbonyl (C=O) groups excluding carboxylic acids is 2. The molecule has 92 valence electrons. The molecular weight excluding hydrogens is 216 g/mol. The van der Waals surface area contributed by atoms with E-state index in [1.165, 1.54) is 4.90 Å². The summed E-state index contributed by atoms with van der Waals surface area (Å²) in [4.78, 5) is 25.9. The van der Waals surface area contributed by atoms with E-state index in [1.54, 1.807) is 0 Å². The van der Waals surface area contributed by atoms with Gasteiger partial charge in [-0.2, -0.15) is 0 Å². The van der Waals surface area contributed by atoms with Crippen molar-refractivity contribution in [1.82, 2.24) is 4.90 Å². The van der Waals surface area contributed by atoms with Crippen molar-refractivity contribution in [2.24, 2.45) is 23.0 Å². The van der Waals surface area contributed by atoms with Crippen LogP contribution in [-0.4, -0.2) is 29.8 Å². The molecule has 1 aliphatic heterocycles. The Morgan fingerprint density at radius 3 is 2.12 bits per heavy atom. The molecule has 4 nitrogen and oxygen atoms in total. The zero-order valence-corrected chi connectivity index (χ0v) is 9.89. The summed E-state index contributed by atoms with van der Waals surface area (Å²) in [6, 6.07) is 0. The fourth-order valence-corrected chi connectivity index (χ4v) is 2.96. The second-order valence-electron chi connectivity index (χ2n) is 5.62. The van der Waals surface area contributed by atoms with E-state index >= 15 is 0 Å². The molecule has 4 heteroatoms. The first-order valence-corrected chi connectivity index (χ1v) is 6.37. The Kier molecular flexibility index (Phi) is 2.36. The van der Waals surface area contributed by atoms with Crippen molar-refractivity contribution in [2.45, 2.75) is 25.7 Å². The minimum absolute atomic E-state index is 0.0316. The van der Waals surface area contributed by atoms with Crippen LogP contribution in [0, 0.1) is 17.3 Å². The summed E-state index contributed by atoms with van der Waals surface area (Å²) >= 11 is 0. The molecule has 2 amide bonds. The smallest absolute Gasteiger partial charge is 0.233 e. The Morgan fingerprint density at radius 2 is 1.71 bits per heavy atom. The van der Waals surface area contributed by atoms with Gasteiger partial charge in [0.15, 0.2) is 0 Å². The number of amides is 2. The van der Waals surface area contributed by atoms with Gasteiger partial charge in [-0.15, -0.1) is 0 Å². The second-order valence-corrected chi connectivity index (χ2v) is 5.62. The molecular formula is C13H18N2O2. The molecule has 1 saturated carbocycles. The lowest BCUT2D eigenvalue weighted by molar-refractivity contribution is -0.140. The number of imide groups is 1. The highest BCUT2D eigenvalue weighted by Gasteiger charge is 2.52. The number of nitrogens with two attached hydrogens (primary N) is 1. The average Bonchev–Trinajstić information content (AvgIpc) is 3.10. The van der Waals surface area contributed by atoms with Crippen molar-refractivity contribution in [3.05, 3.63) is 12.2 Å². The molecule has 0 spiro atoms. The highest BCUT2D eigenvalue weighted by Crippen LogP contribution is 2.47. The van der Waals surface area contributed by atoms with Gasteiger partial charge in [0.05, 0.1) is 11.8 Å². The van der Waals surface area contributed by atoms with E-state index in [2.05, 4.69) is 0 Å². The maximum atomic E-state index is 12.2. The van der Waals surface area contributed by atoms with Gasteiger partial charge >= 0.3 is 0 Å². The van der Waals surface area contributed by atoms with E-state index in [0.717, 1.165) is 25.7 Å². The van der Waals surface area contributed by atoms with E-state index in [-0.39, 0.29) is 29.1 Å². The molecule has 0 bridgehead atoms. The molecule has 3 aliphatic rings. The predicted octanol–water partition coefficient (Wildman–Crippen LogP) is 0.676. The topological polar surface area (TPSA) is 63.4 Å². The third-order valence-electron chi connectivity index (χ3n) is 4.48. The number of hydrogen-bond acceptors (Lipinski definition) is 3. The molecule has 2 N–H and O–H groups in total. The van der Waals surface area contributed by atoms with Gasteiger partial charge in [0.1, 0.15) is 0 Å². The van der Waals surface area contributed by atoms with Gasteiger partial charge in [0.2, 0.25) is 11.8 Å². The summed E-state index contributed by atoms with van der Waals surface area (Å²) in [7, 11) is 0. The maximum absolute atomic E-state index is 12.2. The Balaban J connectivity index is 1.78. The number of hydrogen-bond donors (Lipinski definition) is 1. The van der Waals surface area contributed by atoms with Crippen LogP contribution in [0.2, 0.25) is 0 Å². The number of nitrogens with zero attached hydrogens (tertiary/aromatic N) is 1. The van der Waals surface area contributed by atoms with E-state index in [4.69, 9.17) is 5.73 Å². The first kappa shape index (κ1) is 11.0. The molecule has 0 aromatic heterocycles. The van der Waals surface area contributed by atoms with Crippen molar-refractivity contribution >= 4 is 11.8 Å². The molecule has 2 atom stereocenters. The van der Waals surface area contributed by atoms with Gasteiger partial charge in [-0.3, -0.25) is 14.5 Å². The molecule has 3 rings (SSSR count). The van der Waals surface area contributed by atoms with E-state index in [0.29, 0.717) is 13.1 Å². The molecule has 0 aromatic rings. The normalized spacial score (nSPS) is 34.1. The van der Waals surface area contributed by atoms with Crippen LogP contribution in [0.1, 0.15) is 25.7 Å². The van der Waals surface area contributed by atoms with Gasteiger partial charge in [-0.25, -0.2) is 0 Å². The van der Waals surface area contributed by atoms with E-state index in [9.17, 15) is 9.59 Å². The Labute approximate surface area is 101 Å². The van der Waals surface area contributed by atoms with Crippen LogP contribution in [0.25, 0.3) is 0 Å². The number of rotatable bonds is 3. The molecule has 2 fully saturated rings. The number of carbonyl (C=O) groups is 2. The van der Waals surface area contributed by atoms with Gasteiger partial charge < -0.3 is 5.73 Å². The molecule has 0 aromatic carbocycles. The van der Waals surface area contributed by atoms with Crippen LogP contribution >= 0.6 is 0 Å². The Hall–Kier alpha value is -1.16. The maximum Gasteiger partial charge on any atom is 0.233 e. The van der Waals surface area contributed by atoms with Gasteiger partial charge in [0.25, 0.3) is 0 Å². The second kappa shape index (κ2) is 3.67. The molecule has 1 heterocycles. The van der Waals surface area contributed by atoms with Crippen LogP contribution in [-0.2, 0) is 9.59 Å². The highest BCUT2D eigenvalue weighted by molar-refractivity contribution is 6.05. The standard InChI is InChI=1S/C13H18N2O2/c14-7-13(5-6-13)8-15-11(16)9-3-1-2-4-10(9)12(15)17/h1-2,9-10H,3-8,14H2. The van der Waals surface area contributed by atoms with Crippen molar-refractivity contribution in [3.63, 3.8) is 0 Å². The average molecular weight is 234 g/mol. The van der Waals surface area contributed by atoms with Crippen molar-refractivity contribution in [3.8, 4) is 0 Å². The van der Waals surface area contributed by atoms with Crippen LogP contribution in [0.3, 0.4) is 0 Å². The summed E-state index contributed by atoms with van der Waals surface area (Å²) in [5.41, 5.74) is 5.77. The zero-order chi connectivity index (χ0) is 12.0. The number of likely N-dealkylation sites (tertiary alicyclic amines) is 1. The Morgan fingerprint density at radius 1 is 1.18 bits per heavy atom. The number of allylic oxidation sites excluding steroid dienone is 2. The Bertz CT molecular complexity index is 372. The number of fused-ring (bicyclic) bond motifs is 1. The lowest BCUT2D eigenvalue weighted by atomic mass is 9.85. The predicted molar refractivity (Wildman–Crippen MR) is 62.8 cm³/mol. The molecule has 0 radical (unpaired) electrons. The van der Waals surface area contributed by atoms with E-state index < -0.39 is 0 Å². The van der Waals surface area contributed by atoms with Crippen molar-refractivity contribution in [2.75, 3.05) is 13.1 Å². The van der Waals surface area contributed by atoms with Gasteiger partial charge in [-0.1, -0.05) is 12.2 Å². The first-order valence-electron chi connectivity index (χ1n) is 6.37. The first-order chi connectivity index (χ1) is 8.17. The van der Waals surface area contributed by atoms with E-state index in [1.807, 2.05) is 12.2 Å². The monoisotopic (exact) mass is 234 g/mol. The lowest BCUT2D eigenvalue weighted by Crippen LogP contribution is -2.38. The fraction of sp³-hybridized carbons (Fsp3) is 0.692. The quantitative estimate of drug-likeness (QED) is 0.577. The fourth-order valence-electron chi connectivity index (χ4n) is 2.96. The van der Waals surface area contributed by atoms with Crippen LogP contribution in [0.4, 0.5) is 0 Å². The summed E-state index contributed by atoms with van der Waals surface area (Å²) in [6.07, 6.45) is 7.59. The van der Waals surface area contributed by atoms with Crippen molar-refractivity contribution < 1.29 is 9.59 Å². The molecule has 2 aliphatic carbocycles. The summed E-state index contributed by atoms with van der Waals surface area (Å²) in [5.74, 6) is -0.129. The largest absolute Gasteiger partial charge is 0.330 e. The van der Waals surface area contributed by atoms with Gasteiger partial charge in [0, 0.05) is 12.0 Å². The molecule has 17 heavy (non-hydrogen) atoms. The molecule has 2 unspecified atom stereocenters. The third-order valence-corrected chi connectivity index (χ3v) is 4.48. The molecule has 1 saturated heterocycles. The van der Waals surface area contributed by atoms with Gasteiger partial charge in [-0.05, 0) is 32.2 Å². The minimum Gasteiger partial charge on any atom is -0.330 e. The van der Waals surface area contributed by atoms with Crippen molar-refractivity contribution in [1.29, 1.82) is 0 Å². The minimum atomic E-state index is -0.0962.